The lowest BCUT2D eigenvalue weighted by Crippen LogP contribution is -2.16. The van der Waals surface area contributed by atoms with Gasteiger partial charge in [0.25, 0.3) is 0 Å². The summed E-state index contributed by atoms with van der Waals surface area (Å²) in [5.41, 5.74) is 2.19. The molecule has 0 spiro atoms. The van der Waals surface area contributed by atoms with Crippen molar-refractivity contribution in [3.8, 4) is 5.75 Å². The number of rotatable bonds is 8. The number of Topliss-reactive ketones (excluding diaryl/α,β-unsaturated/α-hetero) is 1. The first-order chi connectivity index (χ1) is 14.7. The van der Waals surface area contributed by atoms with Gasteiger partial charge in [0.1, 0.15) is 0 Å². The van der Waals surface area contributed by atoms with Gasteiger partial charge >= 0.3 is 11.7 Å². The highest BCUT2D eigenvalue weighted by Crippen LogP contribution is 2.29. The molecule has 3 aromatic carbocycles. The van der Waals surface area contributed by atoms with Crippen molar-refractivity contribution in [2.45, 2.75) is 19.4 Å². The molecule has 1 unspecified atom stereocenters. The van der Waals surface area contributed by atoms with E-state index >= 15 is 0 Å². The van der Waals surface area contributed by atoms with Crippen LogP contribution >= 0.6 is 0 Å². The minimum atomic E-state index is -1.04. The average Bonchev–Trinajstić information content (AvgIpc) is 2.73. The third-order valence-corrected chi connectivity index (χ3v) is 4.80. The number of nitro groups is 1. The Labute approximate surface area is 177 Å². The van der Waals surface area contributed by atoms with Gasteiger partial charge in [-0.25, -0.2) is 4.79 Å². The predicted molar refractivity (Wildman–Crippen MR) is 115 cm³/mol. The lowest BCUT2D eigenvalue weighted by atomic mass is 9.96. The van der Waals surface area contributed by atoms with Gasteiger partial charge in [-0.3, -0.25) is 14.9 Å². The molecule has 0 heterocycles. The number of carbonyl (C=O) groups excluding carboxylic acids is 1. The minimum Gasteiger partial charge on any atom is -0.502 e. The van der Waals surface area contributed by atoms with Crippen LogP contribution in [0.1, 0.15) is 44.3 Å². The number of phenolic OH excluding ortho intramolecular Hbond substituents is 1. The van der Waals surface area contributed by atoms with Crippen LogP contribution < -0.4 is 5.32 Å². The van der Waals surface area contributed by atoms with E-state index in [1.165, 1.54) is 18.2 Å². The molecule has 31 heavy (non-hydrogen) atoms. The number of phenols is 1. The number of carboxylic acids is 1. The molecule has 0 bridgehead atoms. The van der Waals surface area contributed by atoms with Crippen LogP contribution in [0.25, 0.3) is 0 Å². The van der Waals surface area contributed by atoms with Crippen LogP contribution in [-0.2, 0) is 0 Å². The van der Waals surface area contributed by atoms with E-state index in [2.05, 4.69) is 5.32 Å². The Morgan fingerprint density at radius 3 is 2.32 bits per heavy atom. The summed E-state index contributed by atoms with van der Waals surface area (Å²) in [5.74, 6) is -1.89. The molecular formula is C23H20N2O6. The third kappa shape index (κ3) is 5.24. The molecular weight excluding hydrogens is 400 g/mol. The number of aromatic hydroxyl groups is 1. The van der Waals surface area contributed by atoms with E-state index in [0.717, 1.165) is 23.3 Å². The number of carbonyl (C=O) groups is 2. The highest BCUT2D eigenvalue weighted by Gasteiger charge is 2.21. The Morgan fingerprint density at radius 2 is 1.71 bits per heavy atom. The van der Waals surface area contributed by atoms with E-state index in [1.807, 2.05) is 31.2 Å². The first-order valence-corrected chi connectivity index (χ1v) is 9.41. The Morgan fingerprint density at radius 1 is 1.03 bits per heavy atom. The van der Waals surface area contributed by atoms with Crippen molar-refractivity contribution in [3.05, 3.63) is 99.1 Å². The highest BCUT2D eigenvalue weighted by molar-refractivity contribution is 5.97. The maximum absolute atomic E-state index is 12.9. The number of anilines is 1. The molecule has 3 N–H and O–H groups in total. The summed E-state index contributed by atoms with van der Waals surface area (Å²) < 4.78 is 0. The second kappa shape index (κ2) is 9.08. The maximum atomic E-state index is 12.9. The lowest BCUT2D eigenvalue weighted by molar-refractivity contribution is -0.385. The molecule has 0 radical (unpaired) electrons. The van der Waals surface area contributed by atoms with Crippen LogP contribution in [0, 0.1) is 17.0 Å². The fourth-order valence-electron chi connectivity index (χ4n) is 3.20. The Hall–Kier alpha value is -4.20. The van der Waals surface area contributed by atoms with Crippen molar-refractivity contribution in [2.24, 2.45) is 0 Å². The molecule has 0 saturated carbocycles. The topological polar surface area (TPSA) is 130 Å². The van der Waals surface area contributed by atoms with Gasteiger partial charge in [-0.05, 0) is 48.9 Å². The molecule has 8 heteroatoms. The van der Waals surface area contributed by atoms with E-state index in [9.17, 15) is 24.8 Å². The number of nitrogens with one attached hydrogen (secondary N) is 1. The second-order valence-electron chi connectivity index (χ2n) is 7.08. The number of aryl methyl sites for hydroxylation is 1. The van der Waals surface area contributed by atoms with Crippen LogP contribution in [0.4, 0.5) is 11.4 Å². The number of carboxylic acid groups (broad SMARTS) is 1. The molecule has 0 fully saturated rings. The van der Waals surface area contributed by atoms with E-state index in [0.29, 0.717) is 5.69 Å². The molecule has 8 nitrogen and oxygen atoms in total. The first kappa shape index (κ1) is 21.5. The number of hydrogen-bond acceptors (Lipinski definition) is 6. The van der Waals surface area contributed by atoms with Crippen LogP contribution in [-0.4, -0.2) is 26.9 Å². The van der Waals surface area contributed by atoms with E-state index < -0.39 is 28.4 Å². The normalized spacial score (nSPS) is 11.5. The summed E-state index contributed by atoms with van der Waals surface area (Å²) in [4.78, 5) is 34.3. The van der Waals surface area contributed by atoms with Crippen molar-refractivity contribution in [1.29, 1.82) is 0 Å². The largest absolute Gasteiger partial charge is 0.502 e. The number of nitro benzene ring substituents is 1. The number of hydrogen-bond donors (Lipinski definition) is 3. The molecule has 0 saturated heterocycles. The lowest BCUT2D eigenvalue weighted by Gasteiger charge is -2.21. The average molecular weight is 420 g/mol. The Kier molecular flexibility index (Phi) is 6.30. The maximum Gasteiger partial charge on any atom is 0.335 e. The summed E-state index contributed by atoms with van der Waals surface area (Å²) >= 11 is 0. The molecule has 0 aliphatic heterocycles. The van der Waals surface area contributed by atoms with Crippen molar-refractivity contribution in [3.63, 3.8) is 0 Å². The fraction of sp³-hybridized carbons (Fsp3) is 0.130. The summed E-state index contributed by atoms with van der Waals surface area (Å²) in [5, 5.41) is 33.0. The summed E-state index contributed by atoms with van der Waals surface area (Å²) in [6.45, 7) is 1.92. The molecule has 0 amide bonds. The predicted octanol–water partition coefficient (Wildman–Crippen LogP) is 4.73. The number of benzene rings is 3. The van der Waals surface area contributed by atoms with Crippen molar-refractivity contribution < 1.29 is 24.7 Å². The fourth-order valence-corrected chi connectivity index (χ4v) is 3.20. The van der Waals surface area contributed by atoms with Gasteiger partial charge in [-0.1, -0.05) is 29.8 Å². The SMILES string of the molecule is Cc1cccc(C(CC(=O)c2ccc(O)c([N+](=O)[O-])c2)Nc2ccc(C(=O)O)cc2)c1. The highest BCUT2D eigenvalue weighted by atomic mass is 16.6. The molecule has 158 valence electrons. The molecule has 0 aliphatic rings. The van der Waals surface area contributed by atoms with Crippen molar-refractivity contribution in [2.75, 3.05) is 5.32 Å². The molecule has 0 aliphatic carbocycles. The zero-order chi connectivity index (χ0) is 22.5. The summed E-state index contributed by atoms with van der Waals surface area (Å²) in [7, 11) is 0. The monoisotopic (exact) mass is 420 g/mol. The van der Waals surface area contributed by atoms with Crippen LogP contribution in [0.5, 0.6) is 5.75 Å². The number of ketones is 1. The minimum absolute atomic E-state index is 0.00787. The summed E-state index contributed by atoms with van der Waals surface area (Å²) in [6, 6.07) is 16.8. The van der Waals surface area contributed by atoms with Crippen molar-refractivity contribution in [1.82, 2.24) is 0 Å². The smallest absolute Gasteiger partial charge is 0.335 e. The number of nitrogens with zero attached hydrogens (tertiary/aromatic N) is 1. The Bertz CT molecular complexity index is 1140. The standard InChI is InChI=1S/C23H20N2O6/c1-14-3-2-4-16(11-14)19(24-18-8-5-15(6-9-18)23(28)29)13-22(27)17-7-10-21(26)20(12-17)25(30)31/h2-12,19,24,26H,13H2,1H3,(H,28,29). The van der Waals surface area contributed by atoms with Gasteiger partial charge in [-0.2, -0.15) is 0 Å². The van der Waals surface area contributed by atoms with E-state index in [4.69, 9.17) is 5.11 Å². The van der Waals surface area contributed by atoms with Crippen molar-refractivity contribution >= 4 is 23.1 Å². The van der Waals surface area contributed by atoms with Crippen LogP contribution in [0.3, 0.4) is 0 Å². The van der Waals surface area contributed by atoms with Crippen LogP contribution in [0.2, 0.25) is 0 Å². The Balaban J connectivity index is 1.89. The van der Waals surface area contributed by atoms with E-state index in [-0.39, 0.29) is 23.3 Å². The number of aromatic carboxylic acids is 1. The third-order valence-electron chi connectivity index (χ3n) is 4.80. The second-order valence-corrected chi connectivity index (χ2v) is 7.08. The van der Waals surface area contributed by atoms with Gasteiger partial charge in [0.2, 0.25) is 0 Å². The van der Waals surface area contributed by atoms with Gasteiger partial charge in [0.15, 0.2) is 11.5 Å². The first-order valence-electron chi connectivity index (χ1n) is 9.41. The molecule has 3 aromatic rings. The van der Waals surface area contributed by atoms with Gasteiger partial charge in [-0.15, -0.1) is 0 Å². The van der Waals surface area contributed by atoms with Gasteiger partial charge in [0.05, 0.1) is 16.5 Å². The van der Waals surface area contributed by atoms with E-state index in [1.54, 1.807) is 12.1 Å². The molecule has 0 aromatic heterocycles. The van der Waals surface area contributed by atoms with Crippen LogP contribution in [0.15, 0.2) is 66.7 Å². The zero-order valence-electron chi connectivity index (χ0n) is 16.6. The zero-order valence-corrected chi connectivity index (χ0v) is 16.6. The molecule has 3 rings (SSSR count). The van der Waals surface area contributed by atoms with Gasteiger partial charge < -0.3 is 15.5 Å². The van der Waals surface area contributed by atoms with Gasteiger partial charge in [0, 0.05) is 23.7 Å². The molecule has 1 atom stereocenters. The quantitative estimate of drug-likeness (QED) is 0.273. The summed E-state index contributed by atoms with van der Waals surface area (Å²) in [6.07, 6.45) is -0.00787.